The summed E-state index contributed by atoms with van der Waals surface area (Å²) >= 11 is 7.39. The minimum atomic E-state index is -0.454. The fourth-order valence-electron chi connectivity index (χ4n) is 3.88. The number of hydrazone groups is 1. The molecule has 4 aromatic rings. The SMILES string of the molecule is CCn1c(S[C@H](C)C(=O)N2N=C(c3ccc(Cl)cc3)C[C@@H]2c2ccco2)nnc1-c1ccco1. The summed E-state index contributed by atoms with van der Waals surface area (Å²) in [6.07, 6.45) is 3.75. The van der Waals surface area contributed by atoms with E-state index in [4.69, 9.17) is 25.5 Å². The zero-order chi connectivity index (χ0) is 23.7. The smallest absolute Gasteiger partial charge is 0.256 e. The Labute approximate surface area is 205 Å². The number of hydrogen-bond donors (Lipinski definition) is 0. The zero-order valence-corrected chi connectivity index (χ0v) is 20.2. The van der Waals surface area contributed by atoms with Gasteiger partial charge in [0.2, 0.25) is 0 Å². The van der Waals surface area contributed by atoms with Gasteiger partial charge in [-0.05, 0) is 55.8 Å². The predicted octanol–water partition coefficient (Wildman–Crippen LogP) is 5.66. The molecular weight excluding hydrogens is 474 g/mol. The lowest BCUT2D eigenvalue weighted by Crippen LogP contribution is -2.33. The largest absolute Gasteiger partial charge is 0.467 e. The molecule has 1 aliphatic rings. The summed E-state index contributed by atoms with van der Waals surface area (Å²) in [6.45, 7) is 4.50. The number of carbonyl (C=O) groups is 1. The van der Waals surface area contributed by atoms with Crippen LogP contribution in [0.2, 0.25) is 5.02 Å². The summed E-state index contributed by atoms with van der Waals surface area (Å²) in [7, 11) is 0. The molecule has 174 valence electrons. The van der Waals surface area contributed by atoms with E-state index in [0.29, 0.717) is 40.5 Å². The van der Waals surface area contributed by atoms with Crippen molar-refractivity contribution in [2.24, 2.45) is 5.10 Å². The van der Waals surface area contributed by atoms with Crippen LogP contribution in [0.1, 0.15) is 37.6 Å². The standard InChI is InChI=1S/C24H22ClN5O3S/c1-3-29-22(21-7-5-13-33-21)26-27-24(29)34-15(2)23(31)30-19(20-6-4-12-32-20)14-18(28-30)16-8-10-17(25)11-9-16/h4-13,15,19H,3,14H2,1-2H3/t15-,19-/m1/s1. The van der Waals surface area contributed by atoms with Crippen LogP contribution in [0.15, 0.2) is 80.1 Å². The molecule has 1 amide bonds. The van der Waals surface area contributed by atoms with Gasteiger partial charge >= 0.3 is 0 Å². The highest BCUT2D eigenvalue weighted by Crippen LogP contribution is 2.36. The Balaban J connectivity index is 1.40. The Kier molecular flexibility index (Phi) is 6.30. The summed E-state index contributed by atoms with van der Waals surface area (Å²) in [5.41, 5.74) is 1.73. The van der Waals surface area contributed by atoms with Gasteiger partial charge in [-0.25, -0.2) is 5.01 Å². The van der Waals surface area contributed by atoms with Crippen LogP contribution in [-0.2, 0) is 11.3 Å². The highest BCUT2D eigenvalue weighted by atomic mass is 35.5. The number of amides is 1. The molecule has 1 aromatic carbocycles. The average molecular weight is 496 g/mol. The van der Waals surface area contributed by atoms with Crippen LogP contribution in [0.3, 0.4) is 0 Å². The third kappa shape index (κ3) is 4.28. The third-order valence-electron chi connectivity index (χ3n) is 5.59. The van der Waals surface area contributed by atoms with Crippen molar-refractivity contribution in [1.29, 1.82) is 0 Å². The first-order valence-corrected chi connectivity index (χ1v) is 12.1. The lowest BCUT2D eigenvalue weighted by Gasteiger charge is -2.22. The first-order valence-electron chi connectivity index (χ1n) is 10.9. The van der Waals surface area contributed by atoms with Gasteiger partial charge in [0.1, 0.15) is 11.8 Å². The molecule has 2 atom stereocenters. The molecule has 1 aliphatic heterocycles. The van der Waals surface area contributed by atoms with E-state index in [-0.39, 0.29) is 11.9 Å². The quantitative estimate of drug-likeness (QED) is 0.307. The number of carbonyl (C=O) groups excluding carboxylic acids is 1. The molecule has 0 N–H and O–H groups in total. The Bertz CT molecular complexity index is 1300. The molecule has 4 heterocycles. The topological polar surface area (TPSA) is 89.7 Å². The van der Waals surface area contributed by atoms with Crippen molar-refractivity contribution in [1.82, 2.24) is 19.8 Å². The molecule has 0 saturated heterocycles. The van der Waals surface area contributed by atoms with E-state index < -0.39 is 5.25 Å². The van der Waals surface area contributed by atoms with E-state index in [1.54, 1.807) is 18.6 Å². The van der Waals surface area contributed by atoms with Gasteiger partial charge in [-0.3, -0.25) is 9.36 Å². The summed E-state index contributed by atoms with van der Waals surface area (Å²) < 4.78 is 13.1. The van der Waals surface area contributed by atoms with Gasteiger partial charge in [0.05, 0.1) is 23.5 Å². The number of halogens is 1. The molecule has 0 saturated carbocycles. The predicted molar refractivity (Wildman–Crippen MR) is 130 cm³/mol. The molecule has 0 spiro atoms. The fraction of sp³-hybridized carbons (Fsp3) is 0.250. The van der Waals surface area contributed by atoms with E-state index in [9.17, 15) is 4.79 Å². The molecule has 0 unspecified atom stereocenters. The summed E-state index contributed by atoms with van der Waals surface area (Å²) in [5, 5.41) is 15.7. The van der Waals surface area contributed by atoms with Crippen molar-refractivity contribution in [2.75, 3.05) is 0 Å². The Morgan fingerprint density at radius 1 is 1.15 bits per heavy atom. The monoisotopic (exact) mass is 495 g/mol. The highest BCUT2D eigenvalue weighted by Gasteiger charge is 2.37. The maximum absolute atomic E-state index is 13.6. The normalized spacial score (nSPS) is 16.6. The van der Waals surface area contributed by atoms with E-state index in [1.807, 2.05) is 60.9 Å². The molecule has 10 heteroatoms. The Hall–Kier alpha value is -3.30. The lowest BCUT2D eigenvalue weighted by atomic mass is 10.0. The van der Waals surface area contributed by atoms with E-state index in [2.05, 4.69) is 10.2 Å². The van der Waals surface area contributed by atoms with Crippen LogP contribution in [0.5, 0.6) is 0 Å². The molecule has 0 fully saturated rings. The van der Waals surface area contributed by atoms with Crippen molar-refractivity contribution in [3.05, 3.63) is 77.4 Å². The van der Waals surface area contributed by atoms with Crippen molar-refractivity contribution in [2.45, 2.75) is 43.3 Å². The van der Waals surface area contributed by atoms with Crippen molar-refractivity contribution in [3.63, 3.8) is 0 Å². The molecule has 0 bridgehead atoms. The number of rotatable bonds is 7. The van der Waals surface area contributed by atoms with Crippen LogP contribution in [0.4, 0.5) is 0 Å². The summed E-state index contributed by atoms with van der Waals surface area (Å²) in [5.74, 6) is 1.82. The first kappa shape index (κ1) is 22.5. The molecule has 0 radical (unpaired) electrons. The van der Waals surface area contributed by atoms with Gasteiger partial charge < -0.3 is 8.83 Å². The van der Waals surface area contributed by atoms with Crippen LogP contribution < -0.4 is 0 Å². The van der Waals surface area contributed by atoms with Gasteiger partial charge in [-0.2, -0.15) is 5.10 Å². The van der Waals surface area contributed by atoms with Crippen LogP contribution in [-0.4, -0.2) is 36.6 Å². The number of furan rings is 2. The molecular formula is C24H22ClN5O3S. The molecule has 8 nitrogen and oxygen atoms in total. The van der Waals surface area contributed by atoms with Crippen LogP contribution >= 0.6 is 23.4 Å². The first-order chi connectivity index (χ1) is 16.5. The second-order valence-electron chi connectivity index (χ2n) is 7.76. The number of aromatic nitrogens is 3. The second-order valence-corrected chi connectivity index (χ2v) is 9.50. The van der Waals surface area contributed by atoms with Crippen molar-refractivity contribution < 1.29 is 13.6 Å². The highest BCUT2D eigenvalue weighted by molar-refractivity contribution is 8.00. The van der Waals surface area contributed by atoms with Gasteiger partial charge in [0.15, 0.2) is 16.7 Å². The molecule has 5 rings (SSSR count). The van der Waals surface area contributed by atoms with E-state index in [0.717, 1.165) is 11.3 Å². The second kappa shape index (κ2) is 9.52. The maximum Gasteiger partial charge on any atom is 0.256 e. The zero-order valence-electron chi connectivity index (χ0n) is 18.6. The minimum absolute atomic E-state index is 0.138. The van der Waals surface area contributed by atoms with Gasteiger partial charge in [-0.1, -0.05) is 35.5 Å². The Morgan fingerprint density at radius 3 is 2.59 bits per heavy atom. The lowest BCUT2D eigenvalue weighted by molar-refractivity contribution is -0.132. The average Bonchev–Trinajstić information content (AvgIpc) is 3.65. The third-order valence-corrected chi connectivity index (χ3v) is 6.91. The van der Waals surface area contributed by atoms with Gasteiger partial charge in [0.25, 0.3) is 5.91 Å². The van der Waals surface area contributed by atoms with Crippen LogP contribution in [0, 0.1) is 0 Å². The molecule has 3 aromatic heterocycles. The van der Waals surface area contributed by atoms with Crippen molar-refractivity contribution in [3.8, 4) is 11.6 Å². The number of benzene rings is 1. The van der Waals surface area contributed by atoms with Crippen molar-refractivity contribution >= 4 is 35.0 Å². The summed E-state index contributed by atoms with van der Waals surface area (Å²) in [4.78, 5) is 13.6. The van der Waals surface area contributed by atoms with Crippen LogP contribution in [0.25, 0.3) is 11.6 Å². The maximum atomic E-state index is 13.6. The summed E-state index contributed by atoms with van der Waals surface area (Å²) in [6, 6.07) is 14.5. The van der Waals surface area contributed by atoms with E-state index >= 15 is 0 Å². The number of thioether (sulfide) groups is 1. The minimum Gasteiger partial charge on any atom is -0.467 e. The number of hydrogen-bond acceptors (Lipinski definition) is 7. The fourth-order valence-corrected chi connectivity index (χ4v) is 4.96. The van der Waals surface area contributed by atoms with Gasteiger partial charge in [-0.15, -0.1) is 10.2 Å². The molecule has 0 aliphatic carbocycles. The molecule has 34 heavy (non-hydrogen) atoms. The van der Waals surface area contributed by atoms with Gasteiger partial charge in [0, 0.05) is 18.0 Å². The number of nitrogens with zero attached hydrogens (tertiary/aromatic N) is 5. The van der Waals surface area contributed by atoms with E-state index in [1.165, 1.54) is 16.8 Å². The Morgan fingerprint density at radius 2 is 1.91 bits per heavy atom.